The van der Waals surface area contributed by atoms with Crippen LogP contribution in [0.25, 0.3) is 0 Å². The Morgan fingerprint density at radius 1 is 1.05 bits per heavy atom. The summed E-state index contributed by atoms with van der Waals surface area (Å²) < 4.78 is 0. The molecule has 0 aromatic carbocycles. The molecule has 2 heteroatoms. The van der Waals surface area contributed by atoms with Crippen LogP contribution in [0.15, 0.2) is 0 Å². The molecule has 2 nitrogen and oxygen atoms in total. The van der Waals surface area contributed by atoms with Crippen molar-refractivity contribution < 1.29 is 0 Å². The summed E-state index contributed by atoms with van der Waals surface area (Å²) in [5.74, 6) is 0.856. The zero-order valence-electron chi connectivity index (χ0n) is 13.0. The second-order valence-corrected chi connectivity index (χ2v) is 7.67. The van der Waals surface area contributed by atoms with Crippen molar-refractivity contribution in [1.82, 2.24) is 10.2 Å². The molecule has 0 aromatic heterocycles. The van der Waals surface area contributed by atoms with E-state index in [0.29, 0.717) is 11.1 Å². The third-order valence-electron chi connectivity index (χ3n) is 6.28. The summed E-state index contributed by atoms with van der Waals surface area (Å²) in [6, 6.07) is 0. The van der Waals surface area contributed by atoms with E-state index in [1.54, 1.807) is 0 Å². The van der Waals surface area contributed by atoms with Crippen molar-refractivity contribution in [2.45, 2.75) is 82.7 Å². The van der Waals surface area contributed by atoms with E-state index in [0.717, 1.165) is 5.92 Å². The number of hydrogen-bond acceptors (Lipinski definition) is 2. The van der Waals surface area contributed by atoms with Gasteiger partial charge in [0.15, 0.2) is 0 Å². The molecule has 2 aliphatic carbocycles. The lowest BCUT2D eigenvalue weighted by atomic mass is 9.83. The molecule has 1 unspecified atom stereocenters. The molecular formula is C17H32N2. The van der Waals surface area contributed by atoms with E-state index < -0.39 is 0 Å². The Bertz CT molecular complexity index is 300. The fourth-order valence-corrected chi connectivity index (χ4v) is 4.73. The zero-order chi connectivity index (χ0) is 13.3. The third-order valence-corrected chi connectivity index (χ3v) is 6.28. The largest absolute Gasteiger partial charge is 0.308 e. The lowest BCUT2D eigenvalue weighted by molar-refractivity contribution is -0.000539. The first kappa shape index (κ1) is 13.9. The van der Waals surface area contributed by atoms with Gasteiger partial charge >= 0.3 is 0 Å². The van der Waals surface area contributed by atoms with Gasteiger partial charge < -0.3 is 5.32 Å². The van der Waals surface area contributed by atoms with Crippen LogP contribution in [0, 0.1) is 5.92 Å². The van der Waals surface area contributed by atoms with E-state index in [1.165, 1.54) is 77.4 Å². The van der Waals surface area contributed by atoms with Crippen molar-refractivity contribution in [1.29, 1.82) is 0 Å². The number of nitrogens with zero attached hydrogens (tertiary/aromatic N) is 1. The van der Waals surface area contributed by atoms with E-state index in [9.17, 15) is 0 Å². The van der Waals surface area contributed by atoms with Gasteiger partial charge in [0.1, 0.15) is 0 Å². The Morgan fingerprint density at radius 3 is 2.32 bits per heavy atom. The number of hydrogen-bond donors (Lipinski definition) is 1. The average molecular weight is 264 g/mol. The first-order valence-electron chi connectivity index (χ1n) is 8.68. The second-order valence-electron chi connectivity index (χ2n) is 7.67. The average Bonchev–Trinajstić information content (AvgIpc) is 3.05. The predicted octanol–water partition coefficient (Wildman–Crippen LogP) is 3.56. The van der Waals surface area contributed by atoms with Gasteiger partial charge in [-0.25, -0.2) is 0 Å². The summed E-state index contributed by atoms with van der Waals surface area (Å²) >= 11 is 0. The second kappa shape index (κ2) is 5.37. The summed E-state index contributed by atoms with van der Waals surface area (Å²) in [4.78, 5) is 2.93. The molecular weight excluding hydrogens is 232 g/mol. The maximum absolute atomic E-state index is 4.01. The Morgan fingerprint density at radius 2 is 1.68 bits per heavy atom. The summed E-state index contributed by atoms with van der Waals surface area (Å²) in [6.07, 6.45) is 12.8. The Balaban J connectivity index is 1.75. The van der Waals surface area contributed by atoms with E-state index in [4.69, 9.17) is 0 Å². The van der Waals surface area contributed by atoms with Gasteiger partial charge in [-0.05, 0) is 31.6 Å². The van der Waals surface area contributed by atoms with E-state index >= 15 is 0 Å². The van der Waals surface area contributed by atoms with Crippen LogP contribution in [-0.4, -0.2) is 35.6 Å². The van der Waals surface area contributed by atoms with Crippen LogP contribution < -0.4 is 5.32 Å². The van der Waals surface area contributed by atoms with Gasteiger partial charge in [0.05, 0.1) is 0 Å². The minimum absolute atomic E-state index is 0.487. The van der Waals surface area contributed by atoms with Crippen molar-refractivity contribution in [3.63, 3.8) is 0 Å². The summed E-state index contributed by atoms with van der Waals surface area (Å²) in [7, 11) is 0. The van der Waals surface area contributed by atoms with Gasteiger partial charge in [0.2, 0.25) is 0 Å². The monoisotopic (exact) mass is 264 g/mol. The van der Waals surface area contributed by atoms with Gasteiger partial charge in [-0.1, -0.05) is 46.0 Å². The molecule has 19 heavy (non-hydrogen) atoms. The van der Waals surface area contributed by atoms with Gasteiger partial charge in [0, 0.05) is 30.7 Å². The molecule has 0 aromatic rings. The molecule has 1 saturated heterocycles. The summed E-state index contributed by atoms with van der Waals surface area (Å²) in [5.41, 5.74) is 1.01. The Kier molecular flexibility index (Phi) is 3.92. The lowest BCUT2D eigenvalue weighted by Gasteiger charge is -2.53. The summed E-state index contributed by atoms with van der Waals surface area (Å²) in [5, 5.41) is 4.01. The summed E-state index contributed by atoms with van der Waals surface area (Å²) in [6.45, 7) is 8.71. The Hall–Kier alpha value is -0.0800. The first-order chi connectivity index (χ1) is 9.18. The minimum atomic E-state index is 0.487. The van der Waals surface area contributed by atoms with Crippen molar-refractivity contribution in [3.05, 3.63) is 0 Å². The quantitative estimate of drug-likeness (QED) is 0.838. The fraction of sp³-hybridized carbons (Fsp3) is 1.00. The molecule has 1 atom stereocenters. The predicted molar refractivity (Wildman–Crippen MR) is 81.4 cm³/mol. The third kappa shape index (κ3) is 2.58. The fourth-order valence-electron chi connectivity index (χ4n) is 4.73. The van der Waals surface area contributed by atoms with Crippen LogP contribution in [0.4, 0.5) is 0 Å². The number of piperazine rings is 1. The highest BCUT2D eigenvalue weighted by molar-refractivity contribution is 5.08. The van der Waals surface area contributed by atoms with Gasteiger partial charge in [-0.3, -0.25) is 4.90 Å². The smallest absolute Gasteiger partial charge is 0.0335 e. The van der Waals surface area contributed by atoms with Crippen molar-refractivity contribution in [2.75, 3.05) is 19.6 Å². The topological polar surface area (TPSA) is 15.3 Å². The van der Waals surface area contributed by atoms with Crippen LogP contribution in [-0.2, 0) is 0 Å². The van der Waals surface area contributed by atoms with Crippen LogP contribution in [0.5, 0.6) is 0 Å². The molecule has 2 saturated carbocycles. The molecule has 0 bridgehead atoms. The molecule has 3 aliphatic rings. The highest BCUT2D eigenvalue weighted by Gasteiger charge is 2.49. The van der Waals surface area contributed by atoms with E-state index in [1.807, 2.05) is 0 Å². The molecule has 3 fully saturated rings. The van der Waals surface area contributed by atoms with Gasteiger partial charge in [-0.2, -0.15) is 0 Å². The SMILES string of the molecule is CCC(C)CN1CC2(CCCC2)NCC12CCCC2. The minimum Gasteiger partial charge on any atom is -0.308 e. The van der Waals surface area contributed by atoms with E-state index in [2.05, 4.69) is 24.1 Å². The highest BCUT2D eigenvalue weighted by atomic mass is 15.3. The molecule has 3 rings (SSSR count). The van der Waals surface area contributed by atoms with Crippen LogP contribution >= 0.6 is 0 Å². The molecule has 2 spiro atoms. The maximum Gasteiger partial charge on any atom is 0.0335 e. The van der Waals surface area contributed by atoms with Crippen molar-refractivity contribution >= 4 is 0 Å². The maximum atomic E-state index is 4.01. The normalized spacial score (nSPS) is 31.3. The first-order valence-corrected chi connectivity index (χ1v) is 8.68. The van der Waals surface area contributed by atoms with Gasteiger partial charge in [-0.15, -0.1) is 0 Å². The van der Waals surface area contributed by atoms with Crippen LogP contribution in [0.1, 0.15) is 71.6 Å². The van der Waals surface area contributed by atoms with Crippen molar-refractivity contribution in [3.8, 4) is 0 Å². The molecule has 0 radical (unpaired) electrons. The zero-order valence-corrected chi connectivity index (χ0v) is 13.0. The van der Waals surface area contributed by atoms with Gasteiger partial charge in [0.25, 0.3) is 0 Å². The number of rotatable bonds is 3. The molecule has 110 valence electrons. The lowest BCUT2D eigenvalue weighted by Crippen LogP contribution is -2.69. The van der Waals surface area contributed by atoms with Crippen molar-refractivity contribution in [2.24, 2.45) is 5.92 Å². The molecule has 0 amide bonds. The van der Waals surface area contributed by atoms with Crippen LogP contribution in [0.3, 0.4) is 0 Å². The highest BCUT2D eigenvalue weighted by Crippen LogP contribution is 2.42. The molecule has 1 N–H and O–H groups in total. The molecule has 1 aliphatic heterocycles. The standard InChI is InChI=1S/C17H32N2/c1-3-15(2)12-19-14-16(8-4-5-9-16)18-13-17(19)10-6-7-11-17/h15,18H,3-14H2,1-2H3. The number of nitrogens with one attached hydrogen (secondary N) is 1. The molecule has 1 heterocycles. The Labute approximate surface area is 119 Å². The van der Waals surface area contributed by atoms with Crippen LogP contribution in [0.2, 0.25) is 0 Å². The van der Waals surface area contributed by atoms with E-state index in [-0.39, 0.29) is 0 Å².